The lowest BCUT2D eigenvalue weighted by Crippen LogP contribution is -2.47. The summed E-state index contributed by atoms with van der Waals surface area (Å²) in [5.41, 5.74) is 0.353. The summed E-state index contributed by atoms with van der Waals surface area (Å²) in [7, 11) is 4.04. The Morgan fingerprint density at radius 2 is 2.28 bits per heavy atom. The molecule has 2 fully saturated rings. The topological polar surface area (TPSA) is 46.9 Å². The van der Waals surface area contributed by atoms with Gasteiger partial charge in [-0.15, -0.1) is 0 Å². The van der Waals surface area contributed by atoms with Crippen LogP contribution in [-0.4, -0.2) is 77.9 Å². The number of hydrogen-bond acceptors (Lipinski definition) is 4. The zero-order valence-corrected chi connectivity index (χ0v) is 15.9. The molecule has 2 saturated heterocycles. The molecule has 6 nitrogen and oxygen atoms in total. The van der Waals surface area contributed by atoms with Gasteiger partial charge in [-0.25, -0.2) is 0 Å². The second kappa shape index (κ2) is 7.48. The lowest BCUT2D eigenvalue weighted by Gasteiger charge is -2.33. The second-order valence-corrected chi connectivity index (χ2v) is 7.78. The third-order valence-corrected chi connectivity index (χ3v) is 5.51. The van der Waals surface area contributed by atoms with E-state index in [1.807, 2.05) is 34.8 Å². The van der Waals surface area contributed by atoms with Crippen LogP contribution in [0, 0.1) is 0 Å². The van der Waals surface area contributed by atoms with Gasteiger partial charge in [0.15, 0.2) is 0 Å². The van der Waals surface area contributed by atoms with E-state index < -0.39 is 0 Å². The first-order valence-electron chi connectivity index (χ1n) is 9.27. The zero-order valence-electron chi connectivity index (χ0n) is 15.9. The molecule has 2 aliphatic rings. The summed E-state index contributed by atoms with van der Waals surface area (Å²) in [6, 6.07) is 4.28. The van der Waals surface area contributed by atoms with Crippen molar-refractivity contribution in [2.75, 3.05) is 39.9 Å². The third kappa shape index (κ3) is 4.07. The van der Waals surface area contributed by atoms with Gasteiger partial charge in [-0.1, -0.05) is 0 Å². The van der Waals surface area contributed by atoms with Crippen molar-refractivity contribution < 1.29 is 14.3 Å². The van der Waals surface area contributed by atoms with Gasteiger partial charge in [0.2, 0.25) is 0 Å². The second-order valence-electron chi connectivity index (χ2n) is 7.78. The van der Waals surface area contributed by atoms with E-state index in [1.54, 1.807) is 0 Å². The fourth-order valence-electron chi connectivity index (χ4n) is 3.70. The van der Waals surface area contributed by atoms with E-state index in [1.165, 1.54) is 0 Å². The minimum atomic E-state index is -0.361. The van der Waals surface area contributed by atoms with Gasteiger partial charge in [-0.05, 0) is 45.9 Å². The molecule has 3 rings (SSSR count). The smallest absolute Gasteiger partial charge is 0.270 e. The van der Waals surface area contributed by atoms with Crippen molar-refractivity contribution in [3.8, 4) is 0 Å². The van der Waals surface area contributed by atoms with Gasteiger partial charge in [0.05, 0.1) is 25.9 Å². The highest BCUT2D eigenvalue weighted by Gasteiger charge is 2.44. The van der Waals surface area contributed by atoms with E-state index in [-0.39, 0.29) is 17.6 Å². The van der Waals surface area contributed by atoms with Gasteiger partial charge < -0.3 is 23.8 Å². The molecule has 0 aliphatic carbocycles. The largest absolute Gasteiger partial charge is 0.377 e. The number of aryl methyl sites for hydroxylation is 1. The number of rotatable bonds is 4. The number of carbonyl (C=O) groups is 1. The SMILES string of the molecule is CC(C)N(C)C[C@@H]1CC[C@@]2(COCCN(C(=O)c3cccn3C)C2)O1. The van der Waals surface area contributed by atoms with Gasteiger partial charge >= 0.3 is 0 Å². The van der Waals surface area contributed by atoms with E-state index in [0.717, 1.165) is 19.4 Å². The molecule has 2 atom stereocenters. The Labute approximate surface area is 150 Å². The molecule has 1 aromatic heterocycles. The van der Waals surface area contributed by atoms with Gasteiger partial charge in [0, 0.05) is 32.4 Å². The van der Waals surface area contributed by atoms with Gasteiger partial charge in [-0.2, -0.15) is 0 Å². The van der Waals surface area contributed by atoms with E-state index in [4.69, 9.17) is 9.47 Å². The van der Waals surface area contributed by atoms with Crippen LogP contribution in [0.1, 0.15) is 37.2 Å². The molecule has 2 aliphatic heterocycles. The quantitative estimate of drug-likeness (QED) is 0.831. The van der Waals surface area contributed by atoms with Crippen LogP contribution in [0.4, 0.5) is 0 Å². The Balaban J connectivity index is 1.68. The molecule has 140 valence electrons. The van der Waals surface area contributed by atoms with Crippen molar-refractivity contribution in [3.05, 3.63) is 24.0 Å². The predicted molar refractivity (Wildman–Crippen MR) is 96.7 cm³/mol. The standard InChI is InChI=1S/C19H31N3O3/c1-15(2)21(4)12-16-7-8-19(25-16)13-22(10-11-24-14-19)18(23)17-6-5-9-20(17)3/h5-6,9,15-16H,7-8,10-14H2,1-4H3/t16-,19+/m0/s1. The van der Waals surface area contributed by atoms with E-state index in [0.29, 0.717) is 38.0 Å². The lowest BCUT2D eigenvalue weighted by atomic mass is 10.00. The Morgan fingerprint density at radius 1 is 1.48 bits per heavy atom. The average molecular weight is 349 g/mol. The first-order valence-corrected chi connectivity index (χ1v) is 9.27. The molecule has 6 heteroatoms. The Kier molecular flexibility index (Phi) is 5.51. The minimum Gasteiger partial charge on any atom is -0.377 e. The summed E-state index contributed by atoms with van der Waals surface area (Å²) in [5, 5.41) is 0. The monoisotopic (exact) mass is 349 g/mol. The Morgan fingerprint density at radius 3 is 2.96 bits per heavy atom. The minimum absolute atomic E-state index is 0.0590. The summed E-state index contributed by atoms with van der Waals surface area (Å²) in [6.45, 7) is 7.68. The van der Waals surface area contributed by atoms with E-state index >= 15 is 0 Å². The molecule has 0 saturated carbocycles. The van der Waals surface area contributed by atoms with Crippen molar-refractivity contribution in [3.63, 3.8) is 0 Å². The summed E-state index contributed by atoms with van der Waals surface area (Å²) >= 11 is 0. The highest BCUT2D eigenvalue weighted by molar-refractivity contribution is 5.92. The average Bonchev–Trinajstić information content (AvgIpc) is 3.09. The molecule has 0 unspecified atom stereocenters. The van der Waals surface area contributed by atoms with Crippen molar-refractivity contribution >= 4 is 5.91 Å². The van der Waals surface area contributed by atoms with Crippen LogP contribution in [0.25, 0.3) is 0 Å². The van der Waals surface area contributed by atoms with Gasteiger partial charge in [-0.3, -0.25) is 4.79 Å². The fourth-order valence-corrected chi connectivity index (χ4v) is 3.70. The lowest BCUT2D eigenvalue weighted by molar-refractivity contribution is -0.0901. The molecule has 0 bridgehead atoms. The van der Waals surface area contributed by atoms with Crippen molar-refractivity contribution in [2.45, 2.75) is 44.4 Å². The molecule has 0 radical (unpaired) electrons. The molecular formula is C19H31N3O3. The molecule has 0 aromatic carbocycles. The molecule has 25 heavy (non-hydrogen) atoms. The molecular weight excluding hydrogens is 318 g/mol. The number of likely N-dealkylation sites (N-methyl/N-ethyl adjacent to an activating group) is 1. The maximum absolute atomic E-state index is 12.9. The van der Waals surface area contributed by atoms with Crippen molar-refractivity contribution in [2.24, 2.45) is 7.05 Å². The highest BCUT2D eigenvalue weighted by Crippen LogP contribution is 2.33. The maximum Gasteiger partial charge on any atom is 0.270 e. The third-order valence-electron chi connectivity index (χ3n) is 5.51. The van der Waals surface area contributed by atoms with E-state index in [2.05, 4.69) is 25.8 Å². The number of aromatic nitrogens is 1. The van der Waals surface area contributed by atoms with E-state index in [9.17, 15) is 4.79 Å². The maximum atomic E-state index is 12.9. The Bertz CT molecular complexity index is 600. The zero-order chi connectivity index (χ0) is 18.0. The predicted octanol–water partition coefficient (Wildman–Crippen LogP) is 1.76. The van der Waals surface area contributed by atoms with Crippen LogP contribution in [-0.2, 0) is 16.5 Å². The van der Waals surface area contributed by atoms with Crippen LogP contribution in [0.3, 0.4) is 0 Å². The van der Waals surface area contributed by atoms with Gasteiger partial charge in [0.25, 0.3) is 5.91 Å². The summed E-state index contributed by atoms with van der Waals surface area (Å²) in [5.74, 6) is 0.0590. The first-order chi connectivity index (χ1) is 11.9. The first kappa shape index (κ1) is 18.4. The number of hydrogen-bond donors (Lipinski definition) is 0. The summed E-state index contributed by atoms with van der Waals surface area (Å²) < 4.78 is 14.1. The molecule has 1 spiro atoms. The Hall–Kier alpha value is -1.37. The molecule has 0 N–H and O–H groups in total. The molecule has 3 heterocycles. The normalized spacial score (nSPS) is 27.4. The molecule has 1 aromatic rings. The van der Waals surface area contributed by atoms with Crippen LogP contribution in [0.2, 0.25) is 0 Å². The fraction of sp³-hybridized carbons (Fsp3) is 0.737. The summed E-state index contributed by atoms with van der Waals surface area (Å²) in [4.78, 5) is 17.1. The molecule has 1 amide bonds. The van der Waals surface area contributed by atoms with Crippen molar-refractivity contribution in [1.29, 1.82) is 0 Å². The highest BCUT2D eigenvalue weighted by atomic mass is 16.6. The number of nitrogens with zero attached hydrogens (tertiary/aromatic N) is 3. The summed E-state index contributed by atoms with van der Waals surface area (Å²) in [6.07, 6.45) is 4.08. The number of ether oxygens (including phenoxy) is 2. The van der Waals surface area contributed by atoms with Gasteiger partial charge in [0.1, 0.15) is 11.3 Å². The van der Waals surface area contributed by atoms with Crippen LogP contribution in [0.5, 0.6) is 0 Å². The number of carbonyl (C=O) groups excluding carboxylic acids is 1. The van der Waals surface area contributed by atoms with Crippen LogP contribution in [0.15, 0.2) is 18.3 Å². The van der Waals surface area contributed by atoms with Crippen LogP contribution >= 0.6 is 0 Å². The van der Waals surface area contributed by atoms with Crippen molar-refractivity contribution in [1.82, 2.24) is 14.4 Å². The van der Waals surface area contributed by atoms with Crippen LogP contribution < -0.4 is 0 Å². The number of amides is 1.